The normalized spacial score (nSPS) is 46.9. The van der Waals surface area contributed by atoms with Gasteiger partial charge in [0.2, 0.25) is 0 Å². The summed E-state index contributed by atoms with van der Waals surface area (Å²) in [7, 11) is 0. The van der Waals surface area contributed by atoms with Gasteiger partial charge in [-0.2, -0.15) is 0 Å². The molecular formula is C11H14O4. The highest BCUT2D eigenvalue weighted by molar-refractivity contribution is 5.92. The lowest BCUT2D eigenvalue weighted by atomic mass is 9.53. The minimum absolute atomic E-state index is 0.0529. The van der Waals surface area contributed by atoms with Gasteiger partial charge < -0.3 is 9.84 Å². The largest absolute Gasteiger partial charge is 0.506 e. The summed E-state index contributed by atoms with van der Waals surface area (Å²) < 4.78 is 4.93. The predicted molar refractivity (Wildman–Crippen MR) is 50.4 cm³/mol. The van der Waals surface area contributed by atoms with Crippen LogP contribution in [0, 0.1) is 17.8 Å². The number of rotatable bonds is 1. The Kier molecular flexibility index (Phi) is 1.68. The molecule has 0 aliphatic heterocycles. The first-order chi connectivity index (χ1) is 7.09. The first-order valence-corrected chi connectivity index (χ1v) is 5.55. The average Bonchev–Trinajstić information content (AvgIpc) is 2.11. The number of carbonyl (C=O) groups is 2. The molecule has 0 radical (unpaired) electrons. The fourth-order valence-electron chi connectivity index (χ4n) is 4.00. The number of ketones is 1. The van der Waals surface area contributed by atoms with Crippen molar-refractivity contribution in [2.24, 2.45) is 17.8 Å². The standard InChI is InChI=1S/C11H14O4/c12-9-8-2-6-1-7(3-8)5-11(9,4-6)15-10(13)14/h6-8H,1-5H2,(H,13,14). The molecule has 0 heterocycles. The average molecular weight is 210 g/mol. The van der Waals surface area contributed by atoms with Gasteiger partial charge >= 0.3 is 6.16 Å². The van der Waals surface area contributed by atoms with Crippen molar-refractivity contribution in [3.8, 4) is 0 Å². The number of hydrogen-bond donors (Lipinski definition) is 1. The number of Topliss-reactive ketones (excluding diaryl/α,β-unsaturated/α-hetero) is 1. The van der Waals surface area contributed by atoms with Crippen LogP contribution < -0.4 is 0 Å². The Balaban J connectivity index is 1.94. The molecule has 4 bridgehead atoms. The summed E-state index contributed by atoms with van der Waals surface area (Å²) >= 11 is 0. The molecule has 1 N–H and O–H groups in total. The van der Waals surface area contributed by atoms with Gasteiger partial charge in [-0.25, -0.2) is 4.79 Å². The van der Waals surface area contributed by atoms with E-state index in [9.17, 15) is 9.59 Å². The van der Waals surface area contributed by atoms with Gasteiger partial charge in [-0.1, -0.05) is 0 Å². The summed E-state index contributed by atoms with van der Waals surface area (Å²) in [6.07, 6.45) is 3.04. The molecule has 0 spiro atoms. The summed E-state index contributed by atoms with van der Waals surface area (Å²) in [4.78, 5) is 22.7. The van der Waals surface area contributed by atoms with Gasteiger partial charge in [-0.05, 0) is 43.9 Å². The summed E-state index contributed by atoms with van der Waals surface area (Å²) in [5.74, 6) is 1.16. The van der Waals surface area contributed by atoms with E-state index >= 15 is 0 Å². The zero-order chi connectivity index (χ0) is 10.6. The Labute approximate surface area is 87.6 Å². The van der Waals surface area contributed by atoms with E-state index < -0.39 is 11.8 Å². The molecule has 0 aromatic carbocycles. The molecule has 0 saturated heterocycles. The quantitative estimate of drug-likeness (QED) is 0.670. The van der Waals surface area contributed by atoms with Gasteiger partial charge in [0.25, 0.3) is 0 Å². The lowest BCUT2D eigenvalue weighted by Crippen LogP contribution is -2.59. The minimum atomic E-state index is -1.30. The highest BCUT2D eigenvalue weighted by atomic mass is 16.7. The molecule has 0 amide bonds. The lowest BCUT2D eigenvalue weighted by molar-refractivity contribution is -0.172. The van der Waals surface area contributed by atoms with Crippen LogP contribution in [-0.2, 0) is 9.53 Å². The van der Waals surface area contributed by atoms with Crippen LogP contribution in [0.1, 0.15) is 32.1 Å². The van der Waals surface area contributed by atoms with Gasteiger partial charge in [0.05, 0.1) is 0 Å². The second-order valence-electron chi connectivity index (χ2n) is 5.27. The monoisotopic (exact) mass is 210 g/mol. The van der Waals surface area contributed by atoms with Crippen LogP contribution in [0.25, 0.3) is 0 Å². The molecule has 4 fully saturated rings. The predicted octanol–water partition coefficient (Wildman–Crippen LogP) is 1.83. The molecule has 4 rings (SSSR count). The molecule has 4 aliphatic carbocycles. The molecule has 4 saturated carbocycles. The highest BCUT2D eigenvalue weighted by Crippen LogP contribution is 2.55. The van der Waals surface area contributed by atoms with Gasteiger partial charge in [0.1, 0.15) is 0 Å². The molecule has 4 nitrogen and oxygen atoms in total. The van der Waals surface area contributed by atoms with Gasteiger partial charge in [0.15, 0.2) is 11.4 Å². The number of carboxylic acid groups (broad SMARTS) is 1. The zero-order valence-electron chi connectivity index (χ0n) is 8.44. The summed E-state index contributed by atoms with van der Waals surface area (Å²) in [5, 5.41) is 8.72. The van der Waals surface area contributed by atoms with Crippen LogP contribution in [0.2, 0.25) is 0 Å². The molecule has 4 heteroatoms. The van der Waals surface area contributed by atoms with Crippen LogP contribution in [-0.4, -0.2) is 22.6 Å². The maximum atomic E-state index is 12.0. The molecule has 15 heavy (non-hydrogen) atoms. The second-order valence-corrected chi connectivity index (χ2v) is 5.27. The van der Waals surface area contributed by atoms with Crippen molar-refractivity contribution in [2.45, 2.75) is 37.7 Å². The SMILES string of the molecule is O=C(O)OC12CC3CC(CC(C3)C1=O)C2. The third-order valence-electron chi connectivity index (χ3n) is 4.24. The molecule has 2 atom stereocenters. The molecule has 4 aliphatic rings. The van der Waals surface area contributed by atoms with Crippen molar-refractivity contribution in [1.29, 1.82) is 0 Å². The number of carbonyl (C=O) groups excluding carboxylic acids is 1. The van der Waals surface area contributed by atoms with E-state index in [0.29, 0.717) is 24.7 Å². The highest BCUT2D eigenvalue weighted by Gasteiger charge is 2.59. The summed E-state index contributed by atoms with van der Waals surface area (Å²) in [6.45, 7) is 0. The first kappa shape index (κ1) is 9.19. The van der Waals surface area contributed by atoms with Crippen LogP contribution in [0.15, 0.2) is 0 Å². The Morgan fingerprint density at radius 2 is 1.87 bits per heavy atom. The van der Waals surface area contributed by atoms with Crippen LogP contribution in [0.5, 0.6) is 0 Å². The molecule has 82 valence electrons. The fraction of sp³-hybridized carbons (Fsp3) is 0.818. The van der Waals surface area contributed by atoms with E-state index in [-0.39, 0.29) is 11.7 Å². The molecule has 0 aromatic heterocycles. The van der Waals surface area contributed by atoms with Crippen molar-refractivity contribution < 1.29 is 19.4 Å². The third kappa shape index (κ3) is 1.20. The van der Waals surface area contributed by atoms with Crippen LogP contribution >= 0.6 is 0 Å². The van der Waals surface area contributed by atoms with Crippen molar-refractivity contribution in [3.63, 3.8) is 0 Å². The minimum Gasteiger partial charge on any atom is -0.450 e. The van der Waals surface area contributed by atoms with Crippen molar-refractivity contribution in [3.05, 3.63) is 0 Å². The topological polar surface area (TPSA) is 63.6 Å². The third-order valence-corrected chi connectivity index (χ3v) is 4.24. The maximum absolute atomic E-state index is 12.0. The van der Waals surface area contributed by atoms with Gasteiger partial charge in [-0.15, -0.1) is 0 Å². The molecular weight excluding hydrogens is 196 g/mol. The van der Waals surface area contributed by atoms with Gasteiger partial charge in [-0.3, -0.25) is 4.79 Å². The molecule has 2 unspecified atom stereocenters. The van der Waals surface area contributed by atoms with E-state index in [2.05, 4.69) is 0 Å². The van der Waals surface area contributed by atoms with Crippen LogP contribution in [0.4, 0.5) is 4.79 Å². The molecule has 0 aromatic rings. The number of ether oxygens (including phenoxy) is 1. The Morgan fingerprint density at radius 1 is 1.27 bits per heavy atom. The second kappa shape index (κ2) is 2.74. The van der Waals surface area contributed by atoms with E-state index in [1.807, 2.05) is 0 Å². The van der Waals surface area contributed by atoms with E-state index in [4.69, 9.17) is 9.84 Å². The van der Waals surface area contributed by atoms with Crippen LogP contribution in [0.3, 0.4) is 0 Å². The summed E-state index contributed by atoms with van der Waals surface area (Å²) in [5.41, 5.74) is -0.958. The number of hydrogen-bond acceptors (Lipinski definition) is 3. The van der Waals surface area contributed by atoms with Crippen molar-refractivity contribution in [2.75, 3.05) is 0 Å². The van der Waals surface area contributed by atoms with Gasteiger partial charge in [0, 0.05) is 5.92 Å². The van der Waals surface area contributed by atoms with E-state index in [0.717, 1.165) is 19.3 Å². The Bertz CT molecular complexity index is 321. The van der Waals surface area contributed by atoms with E-state index in [1.54, 1.807) is 0 Å². The maximum Gasteiger partial charge on any atom is 0.506 e. The van der Waals surface area contributed by atoms with Crippen molar-refractivity contribution in [1.82, 2.24) is 0 Å². The van der Waals surface area contributed by atoms with Crippen molar-refractivity contribution >= 4 is 11.9 Å². The zero-order valence-corrected chi connectivity index (χ0v) is 8.44. The Hall–Kier alpha value is -1.06. The first-order valence-electron chi connectivity index (χ1n) is 5.55. The lowest BCUT2D eigenvalue weighted by Gasteiger charge is -2.53. The Morgan fingerprint density at radius 3 is 2.40 bits per heavy atom. The summed E-state index contributed by atoms with van der Waals surface area (Å²) in [6, 6.07) is 0. The van der Waals surface area contributed by atoms with E-state index in [1.165, 1.54) is 0 Å². The smallest absolute Gasteiger partial charge is 0.450 e. The fourth-order valence-corrected chi connectivity index (χ4v) is 4.00.